The van der Waals surface area contributed by atoms with Crippen LogP contribution >= 0.6 is 11.6 Å². The third-order valence-electron chi connectivity index (χ3n) is 3.66. The molecule has 0 aliphatic carbocycles. The molecule has 0 fully saturated rings. The molecule has 1 amide bonds. The van der Waals surface area contributed by atoms with E-state index in [1.807, 2.05) is 0 Å². The van der Waals surface area contributed by atoms with Crippen LogP contribution in [-0.2, 0) is 0 Å². The van der Waals surface area contributed by atoms with Crippen molar-refractivity contribution in [3.8, 4) is 0 Å². The average molecular weight is 273 g/mol. The lowest BCUT2D eigenvalue weighted by Gasteiger charge is -2.31. The highest BCUT2D eigenvalue weighted by Gasteiger charge is 2.26. The van der Waals surface area contributed by atoms with Gasteiger partial charge in [-0.25, -0.2) is 0 Å². The Bertz CT molecular complexity index is 386. The Balaban J connectivity index is 2.59. The van der Waals surface area contributed by atoms with Gasteiger partial charge in [-0.15, -0.1) is 0 Å². The molecule has 4 nitrogen and oxygen atoms in total. The summed E-state index contributed by atoms with van der Waals surface area (Å²) in [6, 6.07) is 1.60. The lowest BCUT2D eigenvalue weighted by Crippen LogP contribution is -2.37. The van der Waals surface area contributed by atoms with Gasteiger partial charge in [0, 0.05) is 19.3 Å². The largest absolute Gasteiger partial charge is 0.396 e. The molecule has 0 unspecified atom stereocenters. The van der Waals surface area contributed by atoms with Gasteiger partial charge in [0.25, 0.3) is 5.91 Å². The summed E-state index contributed by atoms with van der Waals surface area (Å²) in [5.74, 6) is -0.161. The van der Waals surface area contributed by atoms with Crippen molar-refractivity contribution in [1.29, 1.82) is 0 Å². The van der Waals surface area contributed by atoms with Crippen molar-refractivity contribution in [2.75, 3.05) is 13.2 Å². The Morgan fingerprint density at radius 3 is 2.61 bits per heavy atom. The lowest BCUT2D eigenvalue weighted by molar-refractivity contribution is 0.0903. The number of amides is 1. The molecule has 0 bridgehead atoms. The molecule has 0 spiro atoms. The molecule has 1 heterocycles. The van der Waals surface area contributed by atoms with Gasteiger partial charge in [-0.05, 0) is 30.7 Å². The van der Waals surface area contributed by atoms with Crippen LogP contribution in [0.3, 0.4) is 0 Å². The van der Waals surface area contributed by atoms with Gasteiger partial charge in [0.15, 0.2) is 0 Å². The Labute approximate surface area is 113 Å². The predicted molar refractivity (Wildman–Crippen MR) is 72.9 cm³/mol. The van der Waals surface area contributed by atoms with Crippen LogP contribution in [-0.4, -0.2) is 29.1 Å². The minimum Gasteiger partial charge on any atom is -0.396 e. The Morgan fingerprint density at radius 2 is 2.17 bits per heavy atom. The van der Waals surface area contributed by atoms with Gasteiger partial charge in [-0.1, -0.05) is 25.4 Å². The van der Waals surface area contributed by atoms with Crippen molar-refractivity contribution in [3.05, 3.63) is 23.0 Å². The standard InChI is InChI=1S/C13H21ClN2O2/c1-3-13(4-2,5-6-17)9-16-12(18)11-7-10(14)8-15-11/h7-8,15,17H,3-6,9H2,1-2H3,(H,16,18). The minimum absolute atomic E-state index is 0.0270. The molecule has 0 radical (unpaired) electrons. The van der Waals surface area contributed by atoms with E-state index in [0.29, 0.717) is 23.7 Å². The summed E-state index contributed by atoms with van der Waals surface area (Å²) >= 11 is 5.75. The number of carbonyl (C=O) groups excluding carboxylic acids is 1. The fraction of sp³-hybridized carbons (Fsp3) is 0.615. The van der Waals surface area contributed by atoms with Crippen LogP contribution in [0.25, 0.3) is 0 Å². The van der Waals surface area contributed by atoms with Crippen LogP contribution in [0.15, 0.2) is 12.3 Å². The molecule has 1 rings (SSSR count). The number of hydrogen-bond acceptors (Lipinski definition) is 2. The normalized spacial score (nSPS) is 11.6. The Hall–Kier alpha value is -1.00. The van der Waals surface area contributed by atoms with Gasteiger partial charge < -0.3 is 15.4 Å². The van der Waals surface area contributed by atoms with E-state index in [0.717, 1.165) is 12.8 Å². The second-order valence-electron chi connectivity index (χ2n) is 4.59. The number of hydrogen-bond donors (Lipinski definition) is 3. The number of H-pyrrole nitrogens is 1. The third-order valence-corrected chi connectivity index (χ3v) is 3.88. The van der Waals surface area contributed by atoms with Crippen molar-refractivity contribution in [2.45, 2.75) is 33.1 Å². The fourth-order valence-electron chi connectivity index (χ4n) is 2.04. The molecule has 102 valence electrons. The second-order valence-corrected chi connectivity index (χ2v) is 5.03. The first-order chi connectivity index (χ1) is 8.56. The summed E-state index contributed by atoms with van der Waals surface area (Å²) in [6.45, 7) is 4.87. The molecule has 1 aromatic heterocycles. The highest BCUT2D eigenvalue weighted by atomic mass is 35.5. The summed E-state index contributed by atoms with van der Waals surface area (Å²) in [7, 11) is 0. The maximum Gasteiger partial charge on any atom is 0.267 e. The third kappa shape index (κ3) is 3.75. The highest BCUT2D eigenvalue weighted by molar-refractivity contribution is 6.30. The van der Waals surface area contributed by atoms with Crippen LogP contribution in [0.4, 0.5) is 0 Å². The molecule has 0 atom stereocenters. The maximum atomic E-state index is 11.9. The second kappa shape index (κ2) is 6.81. The number of aliphatic hydroxyl groups excluding tert-OH is 1. The van der Waals surface area contributed by atoms with E-state index < -0.39 is 0 Å². The molecule has 0 saturated heterocycles. The summed E-state index contributed by atoms with van der Waals surface area (Å²) in [6.07, 6.45) is 4.13. The number of nitrogens with one attached hydrogen (secondary N) is 2. The number of aromatic nitrogens is 1. The molecule has 0 saturated carbocycles. The van der Waals surface area contributed by atoms with Crippen molar-refractivity contribution in [2.24, 2.45) is 5.41 Å². The molecule has 5 heteroatoms. The smallest absolute Gasteiger partial charge is 0.267 e. The number of aromatic amines is 1. The quantitative estimate of drug-likeness (QED) is 0.714. The van der Waals surface area contributed by atoms with Gasteiger partial charge in [0.05, 0.1) is 5.02 Å². The zero-order chi connectivity index (χ0) is 13.6. The lowest BCUT2D eigenvalue weighted by atomic mass is 9.79. The molecule has 3 N–H and O–H groups in total. The van der Waals surface area contributed by atoms with Crippen molar-refractivity contribution >= 4 is 17.5 Å². The predicted octanol–water partition coefficient (Wildman–Crippen LogP) is 2.59. The Morgan fingerprint density at radius 1 is 1.50 bits per heavy atom. The zero-order valence-electron chi connectivity index (χ0n) is 10.9. The monoisotopic (exact) mass is 272 g/mol. The van der Waals surface area contributed by atoms with Crippen LogP contribution < -0.4 is 5.32 Å². The van der Waals surface area contributed by atoms with Gasteiger partial charge >= 0.3 is 0 Å². The maximum absolute atomic E-state index is 11.9. The van der Waals surface area contributed by atoms with Crippen molar-refractivity contribution in [1.82, 2.24) is 10.3 Å². The van der Waals surface area contributed by atoms with E-state index in [1.165, 1.54) is 0 Å². The summed E-state index contributed by atoms with van der Waals surface area (Å²) < 4.78 is 0. The minimum atomic E-state index is -0.161. The van der Waals surface area contributed by atoms with Gasteiger partial charge in [-0.3, -0.25) is 4.79 Å². The fourth-order valence-corrected chi connectivity index (χ4v) is 2.20. The van der Waals surface area contributed by atoms with Gasteiger partial charge in [-0.2, -0.15) is 0 Å². The van der Waals surface area contributed by atoms with Crippen LogP contribution in [0.2, 0.25) is 5.02 Å². The molecule has 0 aromatic carbocycles. The number of carbonyl (C=O) groups is 1. The highest BCUT2D eigenvalue weighted by Crippen LogP contribution is 2.29. The van der Waals surface area contributed by atoms with Crippen molar-refractivity contribution < 1.29 is 9.90 Å². The molecular weight excluding hydrogens is 252 g/mol. The Kier molecular flexibility index (Phi) is 5.69. The van der Waals surface area contributed by atoms with E-state index in [1.54, 1.807) is 12.3 Å². The zero-order valence-corrected chi connectivity index (χ0v) is 11.7. The molecule has 18 heavy (non-hydrogen) atoms. The van der Waals surface area contributed by atoms with Crippen molar-refractivity contribution in [3.63, 3.8) is 0 Å². The average Bonchev–Trinajstić information content (AvgIpc) is 2.81. The molecule has 0 aliphatic rings. The molecular formula is C13H21ClN2O2. The van der Waals surface area contributed by atoms with E-state index in [2.05, 4.69) is 24.1 Å². The first kappa shape index (κ1) is 15.1. The number of rotatable bonds is 7. The van der Waals surface area contributed by atoms with E-state index in [-0.39, 0.29) is 17.9 Å². The summed E-state index contributed by atoms with van der Waals surface area (Å²) in [5, 5.41) is 12.5. The van der Waals surface area contributed by atoms with Gasteiger partial charge in [0.2, 0.25) is 0 Å². The SMILES string of the molecule is CCC(CC)(CCO)CNC(=O)c1cc(Cl)c[nH]1. The first-order valence-corrected chi connectivity index (χ1v) is 6.67. The summed E-state index contributed by atoms with van der Waals surface area (Å²) in [4.78, 5) is 14.7. The van der Waals surface area contributed by atoms with Crippen LogP contribution in [0.5, 0.6) is 0 Å². The topological polar surface area (TPSA) is 65.1 Å². The van der Waals surface area contributed by atoms with E-state index in [9.17, 15) is 4.79 Å². The number of aliphatic hydroxyl groups is 1. The first-order valence-electron chi connectivity index (χ1n) is 6.30. The molecule has 1 aromatic rings. The van der Waals surface area contributed by atoms with Gasteiger partial charge in [0.1, 0.15) is 5.69 Å². The van der Waals surface area contributed by atoms with Crippen LogP contribution in [0.1, 0.15) is 43.6 Å². The van der Waals surface area contributed by atoms with Crippen LogP contribution in [0, 0.1) is 5.41 Å². The number of halogens is 1. The molecule has 0 aliphatic heterocycles. The van der Waals surface area contributed by atoms with E-state index in [4.69, 9.17) is 16.7 Å². The van der Waals surface area contributed by atoms with E-state index >= 15 is 0 Å². The summed E-state index contributed by atoms with van der Waals surface area (Å²) in [5.41, 5.74) is 0.436.